The number of fused-ring (bicyclic) bond motifs is 2. The fraction of sp³-hybridized carbons (Fsp3) is 0.917. The van der Waals surface area contributed by atoms with Gasteiger partial charge >= 0.3 is 5.97 Å². The highest BCUT2D eigenvalue weighted by atomic mass is 35.5. The quantitative estimate of drug-likeness (QED) is 0.510. The van der Waals surface area contributed by atoms with E-state index in [1.807, 2.05) is 0 Å². The summed E-state index contributed by atoms with van der Waals surface area (Å²) in [5, 5.41) is 0.340. The monoisotopic (exact) mass is 228 g/mol. The van der Waals surface area contributed by atoms with Crippen LogP contribution in [0.1, 0.15) is 32.6 Å². The van der Waals surface area contributed by atoms with Crippen LogP contribution in [0.25, 0.3) is 0 Å². The summed E-state index contributed by atoms with van der Waals surface area (Å²) in [5.74, 6) is 2.56. The summed E-state index contributed by atoms with van der Waals surface area (Å²) in [5.41, 5.74) is 0. The van der Waals surface area contributed by atoms with Crippen LogP contribution < -0.4 is 0 Å². The number of hydrogen-bond donors (Lipinski definition) is 0. The zero-order valence-corrected chi connectivity index (χ0v) is 9.74. The molecule has 0 N–H and O–H groups in total. The number of halogens is 1. The van der Waals surface area contributed by atoms with Crippen molar-refractivity contribution in [3.05, 3.63) is 0 Å². The molecule has 0 spiro atoms. The lowest BCUT2D eigenvalue weighted by Crippen LogP contribution is -2.39. The van der Waals surface area contributed by atoms with Crippen LogP contribution in [0.4, 0.5) is 0 Å². The minimum atomic E-state index is -0.129. The highest BCUT2D eigenvalue weighted by molar-refractivity contribution is 6.21. The Balaban J connectivity index is 1.82. The first-order valence-corrected chi connectivity index (χ1v) is 6.40. The van der Waals surface area contributed by atoms with Crippen molar-refractivity contribution in [1.82, 2.24) is 0 Å². The number of alkyl halides is 1. The Hall–Kier alpha value is -0.240. The van der Waals surface area contributed by atoms with Crippen LogP contribution in [-0.2, 0) is 9.53 Å². The van der Waals surface area contributed by atoms with Gasteiger partial charge in [-0.25, -0.2) is 0 Å². The number of esters is 1. The molecule has 0 aromatic carbocycles. The highest BCUT2D eigenvalue weighted by Gasteiger charge is 2.53. The minimum absolute atomic E-state index is 0.129. The van der Waals surface area contributed by atoms with Crippen molar-refractivity contribution in [1.29, 1.82) is 0 Å². The van der Waals surface area contributed by atoms with Crippen molar-refractivity contribution in [3.8, 4) is 0 Å². The third-order valence-electron chi connectivity index (χ3n) is 4.62. The topological polar surface area (TPSA) is 26.3 Å². The van der Waals surface area contributed by atoms with E-state index in [4.69, 9.17) is 16.3 Å². The van der Waals surface area contributed by atoms with Gasteiger partial charge < -0.3 is 4.74 Å². The molecule has 3 saturated carbocycles. The first-order chi connectivity index (χ1) is 7.15. The SMILES string of the molecule is CC(=O)O[C@H]1C[C@H]2C[C@@H]3C[C@@H](C[C@@H]31)C2Cl. The molecule has 2 nitrogen and oxygen atoms in total. The molecule has 3 aliphatic carbocycles. The zero-order valence-electron chi connectivity index (χ0n) is 8.99. The lowest BCUT2D eigenvalue weighted by Gasteiger charge is -2.40. The summed E-state index contributed by atoms with van der Waals surface area (Å²) < 4.78 is 5.45. The lowest BCUT2D eigenvalue weighted by atomic mass is 9.70. The summed E-state index contributed by atoms with van der Waals surface area (Å²) in [6.45, 7) is 1.52. The molecule has 0 radical (unpaired) electrons. The number of carbonyl (C=O) groups is 1. The maximum Gasteiger partial charge on any atom is 0.302 e. The molecule has 0 aromatic rings. The van der Waals surface area contributed by atoms with Crippen LogP contribution in [0, 0.1) is 23.7 Å². The van der Waals surface area contributed by atoms with E-state index in [0.717, 1.165) is 12.3 Å². The average molecular weight is 229 g/mol. The van der Waals surface area contributed by atoms with Crippen LogP contribution in [0.3, 0.4) is 0 Å². The van der Waals surface area contributed by atoms with Crippen molar-refractivity contribution in [2.24, 2.45) is 23.7 Å². The molecule has 3 heteroatoms. The van der Waals surface area contributed by atoms with E-state index >= 15 is 0 Å². The van der Waals surface area contributed by atoms with E-state index in [2.05, 4.69) is 0 Å². The molecule has 3 bridgehead atoms. The highest BCUT2D eigenvalue weighted by Crippen LogP contribution is 2.57. The standard InChI is InChI=1S/C12H17ClO2/c1-6(14)15-11-5-9-3-7-2-8(12(9)13)4-10(7)11/h7-12H,2-5H2,1H3/t7-,8-,9+,10-,11-,12?/m0/s1. The molecule has 6 atom stereocenters. The summed E-state index contributed by atoms with van der Waals surface area (Å²) in [6, 6.07) is 0. The second kappa shape index (κ2) is 3.38. The summed E-state index contributed by atoms with van der Waals surface area (Å²) >= 11 is 6.46. The first kappa shape index (κ1) is 9.95. The van der Waals surface area contributed by atoms with E-state index < -0.39 is 0 Å². The van der Waals surface area contributed by atoms with Gasteiger partial charge in [0.05, 0.1) is 0 Å². The van der Waals surface area contributed by atoms with Gasteiger partial charge in [0.25, 0.3) is 0 Å². The smallest absolute Gasteiger partial charge is 0.302 e. The maximum atomic E-state index is 11.0. The van der Waals surface area contributed by atoms with Gasteiger partial charge in [0.1, 0.15) is 6.10 Å². The van der Waals surface area contributed by atoms with Crippen LogP contribution in [-0.4, -0.2) is 17.5 Å². The Kier molecular flexibility index (Phi) is 2.24. The first-order valence-electron chi connectivity index (χ1n) is 5.96. The third kappa shape index (κ3) is 1.49. The predicted molar refractivity (Wildman–Crippen MR) is 57.6 cm³/mol. The van der Waals surface area contributed by atoms with Gasteiger partial charge in [-0.3, -0.25) is 4.79 Å². The number of hydrogen-bond acceptors (Lipinski definition) is 2. The van der Waals surface area contributed by atoms with Gasteiger partial charge in [0.2, 0.25) is 0 Å². The van der Waals surface area contributed by atoms with Crippen molar-refractivity contribution in [3.63, 3.8) is 0 Å². The van der Waals surface area contributed by atoms with Crippen LogP contribution in [0.15, 0.2) is 0 Å². The number of ether oxygens (including phenoxy) is 1. The second-order valence-electron chi connectivity index (χ2n) is 5.48. The van der Waals surface area contributed by atoms with Crippen LogP contribution in [0.2, 0.25) is 0 Å². The fourth-order valence-corrected chi connectivity index (χ4v) is 4.55. The Morgan fingerprint density at radius 2 is 1.80 bits per heavy atom. The average Bonchev–Trinajstić information content (AvgIpc) is 2.49. The maximum absolute atomic E-state index is 11.0. The van der Waals surface area contributed by atoms with Crippen molar-refractivity contribution in [2.45, 2.75) is 44.1 Å². The van der Waals surface area contributed by atoms with E-state index in [1.165, 1.54) is 26.2 Å². The van der Waals surface area contributed by atoms with Crippen LogP contribution in [0.5, 0.6) is 0 Å². The van der Waals surface area contributed by atoms with Gasteiger partial charge in [0.15, 0.2) is 0 Å². The Bertz CT molecular complexity index is 291. The molecular weight excluding hydrogens is 212 g/mol. The van der Waals surface area contributed by atoms with Crippen molar-refractivity contribution < 1.29 is 9.53 Å². The summed E-state index contributed by atoms with van der Waals surface area (Å²) in [4.78, 5) is 11.0. The largest absolute Gasteiger partial charge is 0.462 e. The summed E-state index contributed by atoms with van der Waals surface area (Å²) in [7, 11) is 0. The third-order valence-corrected chi connectivity index (χ3v) is 5.33. The molecule has 0 aliphatic heterocycles. The Morgan fingerprint density at radius 3 is 2.47 bits per heavy atom. The molecule has 0 aromatic heterocycles. The summed E-state index contributed by atoms with van der Waals surface area (Å²) in [6.07, 6.45) is 4.90. The van der Waals surface area contributed by atoms with E-state index in [-0.39, 0.29) is 12.1 Å². The Morgan fingerprint density at radius 1 is 1.13 bits per heavy atom. The molecule has 0 heterocycles. The normalized spacial score (nSPS) is 51.9. The van der Waals surface area contributed by atoms with E-state index in [9.17, 15) is 4.79 Å². The second-order valence-corrected chi connectivity index (χ2v) is 5.98. The molecule has 15 heavy (non-hydrogen) atoms. The molecule has 3 fully saturated rings. The predicted octanol–water partition coefficient (Wildman–Crippen LogP) is 2.59. The zero-order chi connectivity index (χ0) is 10.6. The van der Waals surface area contributed by atoms with Gasteiger partial charge in [-0.2, -0.15) is 0 Å². The van der Waals surface area contributed by atoms with Gasteiger partial charge in [-0.05, 0) is 49.4 Å². The van der Waals surface area contributed by atoms with Crippen LogP contribution >= 0.6 is 11.6 Å². The molecule has 3 rings (SSSR count). The molecule has 0 amide bonds. The lowest BCUT2D eigenvalue weighted by molar-refractivity contribution is -0.153. The molecule has 3 aliphatic rings. The molecule has 0 saturated heterocycles. The molecule has 84 valence electrons. The van der Waals surface area contributed by atoms with Crippen molar-refractivity contribution >= 4 is 17.6 Å². The van der Waals surface area contributed by atoms with E-state index in [1.54, 1.807) is 0 Å². The van der Waals surface area contributed by atoms with E-state index in [0.29, 0.717) is 23.1 Å². The molecular formula is C12H17ClO2. The molecule has 1 unspecified atom stereocenters. The fourth-order valence-electron chi connectivity index (χ4n) is 4.14. The minimum Gasteiger partial charge on any atom is -0.462 e. The van der Waals surface area contributed by atoms with Gasteiger partial charge in [-0.1, -0.05) is 0 Å². The number of carbonyl (C=O) groups excluding carboxylic acids is 1. The van der Waals surface area contributed by atoms with Crippen molar-refractivity contribution in [2.75, 3.05) is 0 Å². The number of rotatable bonds is 1. The van der Waals surface area contributed by atoms with Gasteiger partial charge in [0, 0.05) is 12.3 Å². The Labute approximate surface area is 95.3 Å². The van der Waals surface area contributed by atoms with Gasteiger partial charge in [-0.15, -0.1) is 11.6 Å².